The van der Waals surface area contributed by atoms with Gasteiger partial charge in [0.1, 0.15) is 5.78 Å². The fourth-order valence-electron chi connectivity index (χ4n) is 2.29. The molecular formula is C13H21NO. The molecule has 1 rings (SSSR count). The summed E-state index contributed by atoms with van der Waals surface area (Å²) in [6.07, 6.45) is 12.8. The van der Waals surface area contributed by atoms with E-state index in [0.717, 1.165) is 25.7 Å². The number of rotatable bonds is 4. The Balaban J connectivity index is 2.38. The van der Waals surface area contributed by atoms with Crippen LogP contribution in [-0.4, -0.2) is 11.8 Å². The van der Waals surface area contributed by atoms with E-state index in [0.29, 0.717) is 18.6 Å². The molecule has 0 saturated heterocycles. The van der Waals surface area contributed by atoms with Gasteiger partial charge in [-0.05, 0) is 19.3 Å². The van der Waals surface area contributed by atoms with Gasteiger partial charge in [-0.1, -0.05) is 19.3 Å². The van der Waals surface area contributed by atoms with Crippen LogP contribution in [0.5, 0.6) is 0 Å². The predicted octanol–water partition coefficient (Wildman–Crippen LogP) is 2.27. The molecule has 1 fully saturated rings. The zero-order valence-corrected chi connectivity index (χ0v) is 9.37. The predicted molar refractivity (Wildman–Crippen MR) is 62.2 cm³/mol. The standard InChI is InChI=1S/C13H21NO/c1-2-3-5-10-13(15)11-8-6-4-7-9-12(11)14/h1,11-12H,3-10,14H2. The third-order valence-corrected chi connectivity index (χ3v) is 3.23. The molecule has 1 aliphatic rings. The fraction of sp³-hybridized carbons (Fsp3) is 0.769. The Morgan fingerprint density at radius 3 is 2.80 bits per heavy atom. The minimum absolute atomic E-state index is 0.0887. The van der Waals surface area contributed by atoms with Crippen molar-refractivity contribution in [3.63, 3.8) is 0 Å². The summed E-state index contributed by atoms with van der Waals surface area (Å²) in [6.45, 7) is 0. The maximum absolute atomic E-state index is 11.9. The summed E-state index contributed by atoms with van der Waals surface area (Å²) >= 11 is 0. The number of carbonyl (C=O) groups excluding carboxylic acids is 1. The molecule has 0 spiro atoms. The molecular weight excluding hydrogens is 186 g/mol. The molecule has 0 heterocycles. The first kappa shape index (κ1) is 12.3. The van der Waals surface area contributed by atoms with Crippen molar-refractivity contribution < 1.29 is 4.79 Å². The van der Waals surface area contributed by atoms with Crippen molar-refractivity contribution in [2.24, 2.45) is 11.7 Å². The van der Waals surface area contributed by atoms with Crippen molar-refractivity contribution in [2.75, 3.05) is 0 Å². The van der Waals surface area contributed by atoms with Crippen molar-refractivity contribution in [1.29, 1.82) is 0 Å². The molecule has 2 atom stereocenters. The number of ketones is 1. The third-order valence-electron chi connectivity index (χ3n) is 3.23. The number of hydrogen-bond acceptors (Lipinski definition) is 2. The molecule has 0 aromatic rings. The van der Waals surface area contributed by atoms with Crippen molar-refractivity contribution in [3.05, 3.63) is 0 Å². The van der Waals surface area contributed by atoms with Crippen molar-refractivity contribution >= 4 is 5.78 Å². The second kappa shape index (κ2) is 6.63. The van der Waals surface area contributed by atoms with Crippen molar-refractivity contribution in [3.8, 4) is 12.3 Å². The maximum atomic E-state index is 11.9. The average molecular weight is 207 g/mol. The lowest BCUT2D eigenvalue weighted by molar-refractivity contribution is -0.123. The second-order valence-electron chi connectivity index (χ2n) is 4.43. The highest BCUT2D eigenvalue weighted by Crippen LogP contribution is 2.24. The van der Waals surface area contributed by atoms with Crippen LogP contribution in [-0.2, 0) is 4.79 Å². The van der Waals surface area contributed by atoms with Gasteiger partial charge < -0.3 is 5.73 Å². The Kier molecular flexibility index (Phi) is 5.42. The van der Waals surface area contributed by atoms with E-state index in [1.54, 1.807) is 0 Å². The highest BCUT2D eigenvalue weighted by molar-refractivity contribution is 5.81. The van der Waals surface area contributed by atoms with Crippen molar-refractivity contribution in [1.82, 2.24) is 0 Å². The monoisotopic (exact) mass is 207 g/mol. The van der Waals surface area contributed by atoms with Crippen LogP contribution in [0.15, 0.2) is 0 Å². The molecule has 1 saturated carbocycles. The molecule has 2 nitrogen and oxygen atoms in total. The number of carbonyl (C=O) groups is 1. The van der Waals surface area contributed by atoms with E-state index in [9.17, 15) is 4.79 Å². The molecule has 0 amide bonds. The smallest absolute Gasteiger partial charge is 0.137 e. The molecule has 2 heteroatoms. The van der Waals surface area contributed by atoms with E-state index in [2.05, 4.69) is 5.92 Å². The summed E-state index contributed by atoms with van der Waals surface area (Å²) < 4.78 is 0. The summed E-state index contributed by atoms with van der Waals surface area (Å²) in [6, 6.07) is 0.0887. The van der Waals surface area contributed by atoms with Crippen molar-refractivity contribution in [2.45, 2.75) is 57.4 Å². The molecule has 84 valence electrons. The number of Topliss-reactive ketones (excluding diaryl/α,β-unsaturated/α-hetero) is 1. The lowest BCUT2D eigenvalue weighted by Crippen LogP contribution is -2.34. The SMILES string of the molecule is C#CCCCC(=O)C1CCCCCC1N. The average Bonchev–Trinajstić information content (AvgIpc) is 2.43. The van der Waals surface area contributed by atoms with Gasteiger partial charge in [-0.2, -0.15) is 0 Å². The van der Waals surface area contributed by atoms with Crippen LogP contribution in [0.4, 0.5) is 0 Å². The number of hydrogen-bond donors (Lipinski definition) is 1. The maximum Gasteiger partial charge on any atom is 0.137 e. The topological polar surface area (TPSA) is 43.1 Å². The van der Waals surface area contributed by atoms with E-state index in [1.165, 1.54) is 12.8 Å². The highest BCUT2D eigenvalue weighted by atomic mass is 16.1. The molecule has 2 unspecified atom stereocenters. The normalized spacial score (nSPS) is 26.7. The lowest BCUT2D eigenvalue weighted by atomic mass is 9.89. The zero-order valence-electron chi connectivity index (χ0n) is 9.37. The van der Waals surface area contributed by atoms with E-state index in [4.69, 9.17) is 12.2 Å². The van der Waals surface area contributed by atoms with Crippen LogP contribution in [0.2, 0.25) is 0 Å². The Morgan fingerprint density at radius 1 is 1.33 bits per heavy atom. The summed E-state index contributed by atoms with van der Waals surface area (Å²) in [5, 5.41) is 0. The summed E-state index contributed by atoms with van der Waals surface area (Å²) in [4.78, 5) is 11.9. The molecule has 0 aromatic heterocycles. The van der Waals surface area contributed by atoms with E-state index < -0.39 is 0 Å². The first-order chi connectivity index (χ1) is 7.25. The van der Waals surface area contributed by atoms with Crippen LogP contribution in [0.25, 0.3) is 0 Å². The number of nitrogens with two attached hydrogens (primary N) is 1. The van der Waals surface area contributed by atoms with Crippen LogP contribution >= 0.6 is 0 Å². The Hall–Kier alpha value is -0.810. The van der Waals surface area contributed by atoms with Crippen LogP contribution in [0.1, 0.15) is 51.4 Å². The minimum Gasteiger partial charge on any atom is -0.327 e. The van der Waals surface area contributed by atoms with Gasteiger partial charge in [0.25, 0.3) is 0 Å². The van der Waals surface area contributed by atoms with Crippen LogP contribution in [0, 0.1) is 18.3 Å². The summed E-state index contributed by atoms with van der Waals surface area (Å²) in [7, 11) is 0. The number of unbranched alkanes of at least 4 members (excludes halogenated alkanes) is 1. The van der Waals surface area contributed by atoms with Gasteiger partial charge in [0.15, 0.2) is 0 Å². The van der Waals surface area contributed by atoms with Gasteiger partial charge >= 0.3 is 0 Å². The van der Waals surface area contributed by atoms with Gasteiger partial charge in [-0.15, -0.1) is 12.3 Å². The molecule has 0 radical (unpaired) electrons. The van der Waals surface area contributed by atoms with Gasteiger partial charge in [-0.3, -0.25) is 4.79 Å². The molecule has 1 aliphatic carbocycles. The van der Waals surface area contributed by atoms with Gasteiger partial charge in [0, 0.05) is 24.8 Å². The molecule has 0 bridgehead atoms. The lowest BCUT2D eigenvalue weighted by Gasteiger charge is -2.19. The van der Waals surface area contributed by atoms with Gasteiger partial charge in [0.2, 0.25) is 0 Å². The molecule has 0 aromatic carbocycles. The Bertz CT molecular complexity index is 241. The summed E-state index contributed by atoms with van der Waals surface area (Å²) in [5.74, 6) is 3.00. The first-order valence-corrected chi connectivity index (χ1v) is 5.97. The molecule has 2 N–H and O–H groups in total. The summed E-state index contributed by atoms with van der Waals surface area (Å²) in [5.41, 5.74) is 6.02. The molecule has 0 aliphatic heterocycles. The second-order valence-corrected chi connectivity index (χ2v) is 4.43. The van der Waals surface area contributed by atoms with E-state index in [1.807, 2.05) is 0 Å². The molecule has 15 heavy (non-hydrogen) atoms. The third kappa shape index (κ3) is 4.05. The van der Waals surface area contributed by atoms with Gasteiger partial charge in [-0.25, -0.2) is 0 Å². The highest BCUT2D eigenvalue weighted by Gasteiger charge is 2.25. The largest absolute Gasteiger partial charge is 0.327 e. The first-order valence-electron chi connectivity index (χ1n) is 5.97. The van der Waals surface area contributed by atoms with E-state index >= 15 is 0 Å². The van der Waals surface area contributed by atoms with E-state index in [-0.39, 0.29) is 12.0 Å². The Labute approximate surface area is 92.6 Å². The van der Waals surface area contributed by atoms with Gasteiger partial charge in [0.05, 0.1) is 0 Å². The number of terminal acetylenes is 1. The van der Waals surface area contributed by atoms with Crippen LogP contribution in [0.3, 0.4) is 0 Å². The Morgan fingerprint density at radius 2 is 2.07 bits per heavy atom. The fourth-order valence-corrected chi connectivity index (χ4v) is 2.29. The quantitative estimate of drug-likeness (QED) is 0.436. The van der Waals surface area contributed by atoms with Crippen LogP contribution < -0.4 is 5.73 Å². The zero-order chi connectivity index (χ0) is 11.1. The minimum atomic E-state index is 0.0887.